The van der Waals surface area contributed by atoms with Gasteiger partial charge in [0.1, 0.15) is 6.33 Å². The quantitative estimate of drug-likeness (QED) is 0.879. The molecular weight excluding hydrogens is 275 g/mol. The summed E-state index contributed by atoms with van der Waals surface area (Å²) in [6, 6.07) is 4.58. The highest BCUT2D eigenvalue weighted by Gasteiger charge is 2.30. The van der Waals surface area contributed by atoms with Crippen LogP contribution in [0.1, 0.15) is 5.56 Å². The van der Waals surface area contributed by atoms with E-state index in [0.29, 0.717) is 0 Å². The van der Waals surface area contributed by atoms with Gasteiger partial charge in [-0.3, -0.25) is 0 Å². The third-order valence-electron chi connectivity index (χ3n) is 2.33. The number of alkyl halides is 3. The van der Waals surface area contributed by atoms with Crippen LogP contribution >= 0.6 is 0 Å². The van der Waals surface area contributed by atoms with Gasteiger partial charge in [-0.1, -0.05) is 12.1 Å². The molecule has 0 saturated heterocycles. The molecule has 0 aliphatic rings. The number of hydrogen-bond acceptors (Lipinski definition) is 3. The fraction of sp³-hybridized carbons (Fsp3) is 0.0833. The van der Waals surface area contributed by atoms with E-state index in [0.717, 1.165) is 29.1 Å². The molecule has 0 amide bonds. The molecule has 1 aromatic heterocycles. The topological polar surface area (TPSA) is 68.0 Å². The number of halogens is 3. The van der Waals surface area contributed by atoms with Crippen LogP contribution in [0.4, 0.5) is 13.2 Å². The number of aliphatic carboxylic acids is 1. The minimum absolute atomic E-state index is 0.0751. The van der Waals surface area contributed by atoms with E-state index in [-0.39, 0.29) is 11.4 Å². The molecule has 0 aliphatic carbocycles. The summed E-state index contributed by atoms with van der Waals surface area (Å²) >= 11 is 0. The van der Waals surface area contributed by atoms with Crippen molar-refractivity contribution in [1.29, 1.82) is 0 Å². The Morgan fingerprint density at radius 3 is 2.75 bits per heavy atom. The lowest BCUT2D eigenvalue weighted by Gasteiger charge is -2.06. The van der Waals surface area contributed by atoms with Gasteiger partial charge in [-0.2, -0.15) is 13.2 Å². The maximum absolute atomic E-state index is 12.6. The van der Waals surface area contributed by atoms with Crippen LogP contribution in [0.3, 0.4) is 0 Å². The zero-order valence-electron chi connectivity index (χ0n) is 9.87. The molecule has 0 saturated carbocycles. The number of nitrogens with zero attached hydrogens (tertiary/aromatic N) is 3. The van der Waals surface area contributed by atoms with Crippen molar-refractivity contribution in [2.75, 3.05) is 0 Å². The number of hydrogen-bond donors (Lipinski definition) is 1. The van der Waals surface area contributed by atoms with E-state index in [1.165, 1.54) is 18.5 Å². The summed E-state index contributed by atoms with van der Waals surface area (Å²) in [5.41, 5.74) is -0.602. The molecule has 1 N–H and O–H groups in total. The number of rotatable bonds is 3. The second-order valence-electron chi connectivity index (χ2n) is 3.78. The Hall–Kier alpha value is -2.64. The smallest absolute Gasteiger partial charge is 0.416 e. The van der Waals surface area contributed by atoms with Crippen molar-refractivity contribution in [3.05, 3.63) is 42.2 Å². The molecule has 2 rings (SSSR count). The van der Waals surface area contributed by atoms with Crippen LogP contribution in [0, 0.1) is 0 Å². The van der Waals surface area contributed by atoms with Gasteiger partial charge in [0.25, 0.3) is 0 Å². The van der Waals surface area contributed by atoms with E-state index in [1.807, 2.05) is 0 Å². The summed E-state index contributed by atoms with van der Waals surface area (Å²) in [7, 11) is 0. The molecule has 1 heterocycles. The maximum Gasteiger partial charge on any atom is 0.416 e. The predicted molar refractivity (Wildman–Crippen MR) is 63.4 cm³/mol. The van der Waals surface area contributed by atoms with Crippen molar-refractivity contribution in [2.45, 2.75) is 6.18 Å². The molecule has 0 unspecified atom stereocenters. The maximum atomic E-state index is 12.6. The molecule has 20 heavy (non-hydrogen) atoms. The molecule has 0 fully saturated rings. The fourth-order valence-corrected chi connectivity index (χ4v) is 1.45. The summed E-state index contributed by atoms with van der Waals surface area (Å²) in [5, 5.41) is 12.3. The monoisotopic (exact) mass is 283 g/mol. The molecule has 2 aromatic rings. The van der Waals surface area contributed by atoms with Gasteiger partial charge in [0.15, 0.2) is 5.82 Å². The van der Waals surface area contributed by atoms with Gasteiger partial charge in [-0.15, -0.1) is 5.10 Å². The molecule has 0 bridgehead atoms. The first kappa shape index (κ1) is 13.8. The fourth-order valence-electron chi connectivity index (χ4n) is 1.45. The van der Waals surface area contributed by atoms with Crippen molar-refractivity contribution in [3.63, 3.8) is 0 Å². The minimum atomic E-state index is -4.44. The molecule has 0 radical (unpaired) electrons. The van der Waals surface area contributed by atoms with Crippen molar-refractivity contribution < 1.29 is 23.1 Å². The van der Waals surface area contributed by atoms with Crippen LogP contribution in [0.25, 0.3) is 17.6 Å². The molecular formula is C12H8F3N3O2. The Morgan fingerprint density at radius 2 is 2.10 bits per heavy atom. The highest BCUT2D eigenvalue weighted by Crippen LogP contribution is 2.31. The van der Waals surface area contributed by atoms with Crippen LogP contribution in [-0.2, 0) is 11.0 Å². The summed E-state index contributed by atoms with van der Waals surface area (Å²) in [6.45, 7) is 0. The highest BCUT2D eigenvalue weighted by molar-refractivity contribution is 5.82. The average molecular weight is 283 g/mol. The van der Waals surface area contributed by atoms with Crippen molar-refractivity contribution >= 4 is 12.2 Å². The predicted octanol–water partition coefficient (Wildman–Crippen LogP) is 2.52. The zero-order valence-corrected chi connectivity index (χ0v) is 9.87. The average Bonchev–Trinajstić information content (AvgIpc) is 2.84. The van der Waals surface area contributed by atoms with Gasteiger partial charge in [-0.05, 0) is 12.1 Å². The van der Waals surface area contributed by atoms with Crippen molar-refractivity contribution in [2.24, 2.45) is 0 Å². The molecule has 0 atom stereocenters. The van der Waals surface area contributed by atoms with Crippen LogP contribution in [0.5, 0.6) is 0 Å². The largest absolute Gasteiger partial charge is 0.478 e. The lowest BCUT2D eigenvalue weighted by molar-refractivity contribution is -0.137. The Balaban J connectivity index is 2.31. The minimum Gasteiger partial charge on any atom is -0.478 e. The summed E-state index contributed by atoms with van der Waals surface area (Å²) in [4.78, 5) is 14.2. The Labute approximate surface area is 111 Å². The normalized spacial score (nSPS) is 11.9. The lowest BCUT2D eigenvalue weighted by Crippen LogP contribution is -2.04. The standard InChI is InChI=1S/C12H8F3N3O2/c13-12(14,15)9-3-1-2-8(6-9)11-16-7-18(17-11)5-4-10(19)20/h1-7H,(H,19,20)/b5-4+. The van der Waals surface area contributed by atoms with Crippen LogP contribution < -0.4 is 0 Å². The van der Waals surface area contributed by atoms with Gasteiger partial charge < -0.3 is 5.11 Å². The first-order valence-electron chi connectivity index (χ1n) is 5.36. The second-order valence-corrected chi connectivity index (χ2v) is 3.78. The van der Waals surface area contributed by atoms with Crippen LogP contribution in [-0.4, -0.2) is 25.8 Å². The Bertz CT molecular complexity index is 662. The third-order valence-corrected chi connectivity index (χ3v) is 2.33. The highest BCUT2D eigenvalue weighted by atomic mass is 19.4. The number of benzene rings is 1. The van der Waals surface area contributed by atoms with Gasteiger partial charge in [-0.25, -0.2) is 14.5 Å². The third kappa shape index (κ3) is 3.22. The van der Waals surface area contributed by atoms with E-state index < -0.39 is 17.7 Å². The molecule has 8 heteroatoms. The molecule has 104 valence electrons. The molecule has 0 spiro atoms. The second kappa shape index (κ2) is 5.16. The zero-order chi connectivity index (χ0) is 14.8. The van der Waals surface area contributed by atoms with Gasteiger partial charge in [0, 0.05) is 17.8 Å². The molecule has 1 aromatic carbocycles. The van der Waals surface area contributed by atoms with E-state index in [1.54, 1.807) is 0 Å². The van der Waals surface area contributed by atoms with Gasteiger partial charge in [0.2, 0.25) is 0 Å². The lowest BCUT2D eigenvalue weighted by atomic mass is 10.1. The summed E-state index contributed by atoms with van der Waals surface area (Å²) in [6.07, 6.45) is -1.27. The number of carboxylic acid groups (broad SMARTS) is 1. The van der Waals surface area contributed by atoms with Gasteiger partial charge in [0.05, 0.1) is 5.56 Å². The molecule has 5 nitrogen and oxygen atoms in total. The Kier molecular flexibility index (Phi) is 3.55. The van der Waals surface area contributed by atoms with Crippen molar-refractivity contribution in [3.8, 4) is 11.4 Å². The van der Waals surface area contributed by atoms with E-state index in [9.17, 15) is 18.0 Å². The number of carbonyl (C=O) groups is 1. The van der Waals surface area contributed by atoms with Crippen LogP contribution in [0.2, 0.25) is 0 Å². The van der Waals surface area contributed by atoms with Crippen LogP contribution in [0.15, 0.2) is 36.7 Å². The summed E-state index contributed by atoms with van der Waals surface area (Å²) < 4.78 is 38.8. The van der Waals surface area contributed by atoms with E-state index in [2.05, 4.69) is 10.1 Å². The number of aromatic nitrogens is 3. The molecule has 0 aliphatic heterocycles. The summed E-state index contributed by atoms with van der Waals surface area (Å²) in [5.74, 6) is -1.09. The van der Waals surface area contributed by atoms with E-state index >= 15 is 0 Å². The Morgan fingerprint density at radius 1 is 1.35 bits per heavy atom. The first-order chi connectivity index (χ1) is 9.36. The van der Waals surface area contributed by atoms with E-state index in [4.69, 9.17) is 5.11 Å². The van der Waals surface area contributed by atoms with Crippen molar-refractivity contribution in [1.82, 2.24) is 14.8 Å². The first-order valence-corrected chi connectivity index (χ1v) is 5.36. The number of carboxylic acids is 1. The SMILES string of the molecule is O=C(O)/C=C/n1cnc(-c2cccc(C(F)(F)F)c2)n1. The van der Waals surface area contributed by atoms with Gasteiger partial charge >= 0.3 is 12.1 Å².